The lowest BCUT2D eigenvalue weighted by molar-refractivity contribution is -0.280. The number of halogens is 4. The highest BCUT2D eigenvalue weighted by molar-refractivity contribution is 6.70. The van der Waals surface area contributed by atoms with Gasteiger partial charge in [0, 0.05) is 27.2 Å². The molecule has 0 N–H and O–H groups in total. The van der Waals surface area contributed by atoms with Crippen molar-refractivity contribution in [3.8, 4) is 0 Å². The van der Waals surface area contributed by atoms with E-state index in [0.29, 0.717) is 25.3 Å². The van der Waals surface area contributed by atoms with Crippen molar-refractivity contribution in [2.24, 2.45) is 11.8 Å². The third-order valence-electron chi connectivity index (χ3n) is 6.65. The molecule has 0 spiro atoms. The highest BCUT2D eigenvalue weighted by Crippen LogP contribution is 2.58. The molecule has 4 atom stereocenters. The molecule has 1 rings (SSSR count). The SMILES string of the molecule is CCCCCCC(F)(C1C(C)CC[Si](OC)(OC)C1(CCC)OC)C(F)(F)F. The van der Waals surface area contributed by atoms with Gasteiger partial charge in [0.25, 0.3) is 0 Å². The van der Waals surface area contributed by atoms with Crippen molar-refractivity contribution in [2.75, 3.05) is 21.3 Å². The van der Waals surface area contributed by atoms with E-state index in [4.69, 9.17) is 13.6 Å². The Bertz CT molecular complexity index is 473. The molecule has 0 aromatic carbocycles. The zero-order chi connectivity index (χ0) is 21.6. The zero-order valence-electron chi connectivity index (χ0n) is 18.3. The lowest BCUT2D eigenvalue weighted by atomic mass is 9.70. The van der Waals surface area contributed by atoms with E-state index >= 15 is 4.39 Å². The predicted molar refractivity (Wildman–Crippen MR) is 105 cm³/mol. The van der Waals surface area contributed by atoms with Gasteiger partial charge in [0.1, 0.15) is 5.22 Å². The second-order valence-corrected chi connectivity index (χ2v) is 11.8. The van der Waals surface area contributed by atoms with E-state index in [9.17, 15) is 13.2 Å². The van der Waals surface area contributed by atoms with Crippen LogP contribution in [0.5, 0.6) is 0 Å². The van der Waals surface area contributed by atoms with Crippen LogP contribution in [0.3, 0.4) is 0 Å². The number of unbranched alkanes of at least 4 members (excludes halogenated alkanes) is 3. The Morgan fingerprint density at radius 1 is 0.964 bits per heavy atom. The lowest BCUT2D eigenvalue weighted by Crippen LogP contribution is -2.75. The number of hydrogen-bond donors (Lipinski definition) is 0. The van der Waals surface area contributed by atoms with E-state index in [1.54, 1.807) is 6.92 Å². The normalized spacial score (nSPS) is 30.2. The summed E-state index contributed by atoms with van der Waals surface area (Å²) in [6.07, 6.45) is -1.78. The van der Waals surface area contributed by atoms with Gasteiger partial charge in [-0.05, 0) is 37.6 Å². The van der Waals surface area contributed by atoms with Crippen LogP contribution in [-0.2, 0) is 13.6 Å². The fraction of sp³-hybridized carbons (Fsp3) is 1.00. The molecule has 168 valence electrons. The van der Waals surface area contributed by atoms with Crippen molar-refractivity contribution in [1.29, 1.82) is 0 Å². The summed E-state index contributed by atoms with van der Waals surface area (Å²) in [5.74, 6) is -1.85. The Kier molecular flexibility index (Phi) is 9.44. The molecule has 28 heavy (non-hydrogen) atoms. The van der Waals surface area contributed by atoms with Crippen molar-refractivity contribution in [2.45, 2.75) is 95.3 Å². The first-order chi connectivity index (χ1) is 13.1. The van der Waals surface area contributed by atoms with E-state index in [1.165, 1.54) is 21.3 Å². The highest BCUT2D eigenvalue weighted by Gasteiger charge is 2.74. The Balaban J connectivity index is 3.55. The zero-order valence-corrected chi connectivity index (χ0v) is 19.3. The van der Waals surface area contributed by atoms with Gasteiger partial charge in [0.15, 0.2) is 0 Å². The second-order valence-electron chi connectivity index (χ2n) is 8.17. The van der Waals surface area contributed by atoms with Crippen molar-refractivity contribution >= 4 is 8.56 Å². The van der Waals surface area contributed by atoms with Crippen LogP contribution < -0.4 is 0 Å². The van der Waals surface area contributed by atoms with Crippen LogP contribution in [0.2, 0.25) is 6.04 Å². The first-order valence-electron chi connectivity index (χ1n) is 10.5. The second kappa shape index (κ2) is 10.2. The molecule has 8 heteroatoms. The molecule has 4 unspecified atom stereocenters. The van der Waals surface area contributed by atoms with Crippen LogP contribution in [0.4, 0.5) is 17.6 Å². The summed E-state index contributed by atoms with van der Waals surface area (Å²) in [6, 6.07) is 0.495. The minimum Gasteiger partial charge on any atom is -0.396 e. The average molecular weight is 431 g/mol. The van der Waals surface area contributed by atoms with Gasteiger partial charge in [-0.15, -0.1) is 0 Å². The summed E-state index contributed by atoms with van der Waals surface area (Å²) < 4.78 is 76.3. The quantitative estimate of drug-likeness (QED) is 0.217. The molecule has 1 saturated heterocycles. The van der Waals surface area contributed by atoms with Crippen LogP contribution in [-0.4, -0.2) is 47.0 Å². The number of alkyl halides is 4. The van der Waals surface area contributed by atoms with Gasteiger partial charge < -0.3 is 13.6 Å². The monoisotopic (exact) mass is 430 g/mol. The molecular formula is C20H38F4O3Si. The molecule has 0 aromatic heterocycles. The molecular weight excluding hydrogens is 392 g/mol. The third-order valence-corrected chi connectivity index (χ3v) is 11.0. The maximum absolute atomic E-state index is 16.2. The van der Waals surface area contributed by atoms with Gasteiger partial charge in [-0.25, -0.2) is 4.39 Å². The van der Waals surface area contributed by atoms with E-state index in [-0.39, 0.29) is 12.8 Å². The fourth-order valence-corrected chi connectivity index (χ4v) is 9.78. The van der Waals surface area contributed by atoms with E-state index in [2.05, 4.69) is 0 Å². The lowest BCUT2D eigenvalue weighted by Gasteiger charge is -2.58. The smallest absolute Gasteiger partial charge is 0.396 e. The molecule has 0 aliphatic carbocycles. The van der Waals surface area contributed by atoms with Crippen molar-refractivity contribution in [3.05, 3.63) is 0 Å². The Labute approximate surface area is 168 Å². The highest BCUT2D eigenvalue weighted by atomic mass is 28.4. The average Bonchev–Trinajstić information content (AvgIpc) is 2.65. The summed E-state index contributed by atoms with van der Waals surface area (Å²) in [6.45, 7) is 5.56. The third kappa shape index (κ3) is 4.44. The molecule has 1 aliphatic rings. The fourth-order valence-electron chi connectivity index (χ4n) is 5.33. The van der Waals surface area contributed by atoms with Crippen molar-refractivity contribution in [3.63, 3.8) is 0 Å². The van der Waals surface area contributed by atoms with Crippen LogP contribution in [0, 0.1) is 11.8 Å². The summed E-state index contributed by atoms with van der Waals surface area (Å²) in [5, 5.41) is -1.39. The Morgan fingerprint density at radius 2 is 1.57 bits per heavy atom. The topological polar surface area (TPSA) is 27.7 Å². The molecule has 1 heterocycles. The van der Waals surface area contributed by atoms with Crippen molar-refractivity contribution in [1.82, 2.24) is 0 Å². The number of methoxy groups -OCH3 is 1. The minimum absolute atomic E-state index is 0.202. The van der Waals surface area contributed by atoms with Gasteiger partial charge in [-0.1, -0.05) is 46.5 Å². The maximum Gasteiger partial charge on any atom is 0.422 e. The van der Waals surface area contributed by atoms with Gasteiger partial charge in [-0.3, -0.25) is 0 Å². The van der Waals surface area contributed by atoms with Gasteiger partial charge in [0.2, 0.25) is 5.67 Å². The molecule has 1 aliphatic heterocycles. The first-order valence-corrected chi connectivity index (χ1v) is 12.5. The summed E-state index contributed by atoms with van der Waals surface area (Å²) in [4.78, 5) is 0. The maximum atomic E-state index is 16.2. The van der Waals surface area contributed by atoms with E-state index in [1.807, 2.05) is 13.8 Å². The molecule has 1 fully saturated rings. The number of rotatable bonds is 11. The van der Waals surface area contributed by atoms with E-state index in [0.717, 1.165) is 12.8 Å². The van der Waals surface area contributed by atoms with Gasteiger partial charge >= 0.3 is 14.7 Å². The molecule has 0 aromatic rings. The molecule has 0 amide bonds. The van der Waals surface area contributed by atoms with Crippen molar-refractivity contribution < 1.29 is 31.2 Å². The van der Waals surface area contributed by atoms with Gasteiger partial charge in [-0.2, -0.15) is 13.2 Å². The summed E-state index contributed by atoms with van der Waals surface area (Å²) in [5.41, 5.74) is -3.33. The van der Waals surface area contributed by atoms with Crippen LogP contribution in [0.25, 0.3) is 0 Å². The van der Waals surface area contributed by atoms with Crippen LogP contribution in [0.1, 0.15) is 72.1 Å². The Hall–Kier alpha value is -0.183. The minimum atomic E-state index is -4.98. The standard InChI is InChI=1S/C20H38F4O3Si/c1-7-9-10-11-14-18(21,20(22,23)24)17-16(3)12-15-28(26-5,27-6)19(17,25-4)13-8-2/h16-17H,7-15H2,1-6H3. The van der Waals surface area contributed by atoms with E-state index < -0.39 is 43.9 Å². The molecule has 0 saturated carbocycles. The predicted octanol–water partition coefficient (Wildman–Crippen LogP) is 6.34. The number of hydrogen-bond acceptors (Lipinski definition) is 3. The van der Waals surface area contributed by atoms with Gasteiger partial charge in [0.05, 0.1) is 0 Å². The molecule has 0 bridgehead atoms. The number of ether oxygens (including phenoxy) is 1. The molecule has 3 nitrogen and oxygen atoms in total. The molecule has 0 radical (unpaired) electrons. The van der Waals surface area contributed by atoms with Crippen LogP contribution in [0.15, 0.2) is 0 Å². The van der Waals surface area contributed by atoms with Crippen LogP contribution >= 0.6 is 0 Å². The summed E-state index contributed by atoms with van der Waals surface area (Å²) >= 11 is 0. The Morgan fingerprint density at radius 3 is 2.00 bits per heavy atom. The summed E-state index contributed by atoms with van der Waals surface area (Å²) in [7, 11) is 1.06. The largest absolute Gasteiger partial charge is 0.422 e. The first kappa shape index (κ1) is 25.9.